The molecule has 0 amide bonds. The molecule has 2 saturated carbocycles. The molecule has 1 unspecified atom stereocenters. The van der Waals surface area contributed by atoms with Crippen molar-refractivity contribution in [2.75, 3.05) is 0 Å². The lowest BCUT2D eigenvalue weighted by atomic mass is 9.70. The predicted molar refractivity (Wildman–Crippen MR) is 143 cm³/mol. The first-order valence-electron chi connectivity index (χ1n) is 14.2. The summed E-state index contributed by atoms with van der Waals surface area (Å²) in [5, 5.41) is 0. The fraction of sp³-hybridized carbons (Fsp3) is 0.576. The smallest absolute Gasteiger partial charge is 0.130 e. The van der Waals surface area contributed by atoms with Crippen LogP contribution in [-0.2, 0) is 0 Å². The lowest BCUT2D eigenvalue weighted by Crippen LogP contribution is -2.22. The summed E-state index contributed by atoms with van der Waals surface area (Å²) in [6.07, 6.45) is 17.5. The second-order valence-electron chi connectivity index (χ2n) is 11.7. The summed E-state index contributed by atoms with van der Waals surface area (Å²) >= 11 is 0. The van der Waals surface area contributed by atoms with Gasteiger partial charge in [-0.2, -0.15) is 0 Å². The van der Waals surface area contributed by atoms with Gasteiger partial charge in [0, 0.05) is 5.56 Å². The van der Waals surface area contributed by atoms with E-state index >= 15 is 4.39 Å². The van der Waals surface area contributed by atoms with Crippen molar-refractivity contribution >= 4 is 5.57 Å². The molecule has 2 aromatic carbocycles. The maximum absolute atomic E-state index is 15.2. The Labute approximate surface area is 207 Å². The van der Waals surface area contributed by atoms with Gasteiger partial charge < -0.3 is 0 Å². The molecule has 1 heteroatoms. The van der Waals surface area contributed by atoms with Crippen LogP contribution in [0, 0.1) is 30.5 Å². The molecule has 0 saturated heterocycles. The molecule has 34 heavy (non-hydrogen) atoms. The predicted octanol–water partition coefficient (Wildman–Crippen LogP) is 9.98. The lowest BCUT2D eigenvalue weighted by molar-refractivity contribution is 0.220. The van der Waals surface area contributed by atoms with Crippen LogP contribution in [0.2, 0.25) is 0 Å². The molecule has 5 rings (SSSR count). The third-order valence-corrected chi connectivity index (χ3v) is 9.67. The van der Waals surface area contributed by atoms with Gasteiger partial charge >= 0.3 is 0 Å². The molecule has 0 heterocycles. The molecule has 0 radical (unpaired) electrons. The minimum Gasteiger partial charge on any atom is -0.206 e. The van der Waals surface area contributed by atoms with Crippen molar-refractivity contribution < 1.29 is 4.39 Å². The number of rotatable bonds is 5. The van der Waals surface area contributed by atoms with E-state index in [0.29, 0.717) is 5.92 Å². The summed E-state index contributed by atoms with van der Waals surface area (Å²) in [6.45, 7) is 4.47. The Kier molecular flexibility index (Phi) is 7.57. The van der Waals surface area contributed by atoms with Gasteiger partial charge in [0.05, 0.1) is 0 Å². The Morgan fingerprint density at radius 2 is 1.38 bits per heavy atom. The van der Waals surface area contributed by atoms with Crippen molar-refractivity contribution in [2.24, 2.45) is 17.8 Å². The Morgan fingerprint density at radius 3 is 2.00 bits per heavy atom. The normalized spacial score (nSPS) is 30.1. The van der Waals surface area contributed by atoms with Crippen LogP contribution < -0.4 is 0 Å². The van der Waals surface area contributed by atoms with Gasteiger partial charge in [-0.05, 0) is 130 Å². The van der Waals surface area contributed by atoms with E-state index in [1.807, 2.05) is 6.07 Å². The molecule has 0 aromatic heterocycles. The molecule has 0 spiro atoms. The second kappa shape index (κ2) is 10.8. The maximum atomic E-state index is 15.2. The summed E-state index contributed by atoms with van der Waals surface area (Å²) in [4.78, 5) is 0. The molecule has 0 bridgehead atoms. The number of halogens is 1. The van der Waals surface area contributed by atoms with Crippen LogP contribution in [0.15, 0.2) is 48.5 Å². The van der Waals surface area contributed by atoms with Gasteiger partial charge in [0.1, 0.15) is 5.82 Å². The molecular formula is C33H43F. The van der Waals surface area contributed by atoms with E-state index in [1.165, 1.54) is 86.5 Å². The van der Waals surface area contributed by atoms with Crippen molar-refractivity contribution in [3.8, 4) is 0 Å². The van der Waals surface area contributed by atoms with Gasteiger partial charge in [-0.25, -0.2) is 4.39 Å². The number of benzene rings is 2. The molecule has 2 fully saturated rings. The Balaban J connectivity index is 1.16. The van der Waals surface area contributed by atoms with Crippen molar-refractivity contribution in [3.05, 3.63) is 76.6 Å². The van der Waals surface area contributed by atoms with Crippen LogP contribution in [0.4, 0.5) is 4.39 Å². The minimum absolute atomic E-state index is 0.0124. The number of allylic oxidation sites excluding steroid dienone is 2. The molecule has 0 N–H and O–H groups in total. The van der Waals surface area contributed by atoms with Gasteiger partial charge in [0.15, 0.2) is 0 Å². The van der Waals surface area contributed by atoms with Crippen LogP contribution >= 0.6 is 0 Å². The fourth-order valence-electron chi connectivity index (χ4n) is 7.24. The second-order valence-corrected chi connectivity index (χ2v) is 11.7. The molecule has 0 nitrogen and oxygen atoms in total. The van der Waals surface area contributed by atoms with E-state index in [9.17, 15) is 0 Å². The average Bonchev–Trinajstić information content (AvgIpc) is 2.89. The third-order valence-electron chi connectivity index (χ3n) is 9.67. The Bertz CT molecular complexity index is 968. The summed E-state index contributed by atoms with van der Waals surface area (Å²) in [6, 6.07) is 15.4. The highest BCUT2D eigenvalue weighted by atomic mass is 19.1. The molecule has 2 aromatic rings. The van der Waals surface area contributed by atoms with Crippen LogP contribution in [0.3, 0.4) is 0 Å². The first-order valence-corrected chi connectivity index (χ1v) is 14.2. The van der Waals surface area contributed by atoms with E-state index in [-0.39, 0.29) is 5.82 Å². The first kappa shape index (κ1) is 23.8. The maximum Gasteiger partial charge on any atom is 0.130 e. The highest BCUT2D eigenvalue weighted by molar-refractivity contribution is 5.67. The molecule has 1 atom stereocenters. The summed E-state index contributed by atoms with van der Waals surface area (Å²) in [5.74, 6) is 3.85. The van der Waals surface area contributed by atoms with Crippen molar-refractivity contribution in [3.63, 3.8) is 0 Å². The van der Waals surface area contributed by atoms with Gasteiger partial charge in [0.2, 0.25) is 0 Å². The first-order chi connectivity index (χ1) is 16.6. The van der Waals surface area contributed by atoms with E-state index in [0.717, 1.165) is 42.1 Å². The fourth-order valence-corrected chi connectivity index (χ4v) is 7.24. The molecule has 0 aliphatic heterocycles. The largest absolute Gasteiger partial charge is 0.206 e. The van der Waals surface area contributed by atoms with Crippen LogP contribution in [0.25, 0.3) is 5.57 Å². The average molecular weight is 459 g/mol. The van der Waals surface area contributed by atoms with Crippen molar-refractivity contribution in [2.45, 2.75) is 103 Å². The van der Waals surface area contributed by atoms with E-state index in [2.05, 4.69) is 56.3 Å². The lowest BCUT2D eigenvalue weighted by Gasteiger charge is -2.36. The van der Waals surface area contributed by atoms with E-state index in [1.54, 1.807) is 0 Å². The zero-order chi connectivity index (χ0) is 23.5. The van der Waals surface area contributed by atoms with Gasteiger partial charge in [0.25, 0.3) is 0 Å². The van der Waals surface area contributed by atoms with Crippen molar-refractivity contribution in [1.82, 2.24) is 0 Å². The zero-order valence-corrected chi connectivity index (χ0v) is 21.4. The monoisotopic (exact) mass is 458 g/mol. The Hall–Kier alpha value is -1.89. The number of hydrogen-bond acceptors (Lipinski definition) is 0. The highest BCUT2D eigenvalue weighted by Gasteiger charge is 2.30. The molecule has 182 valence electrons. The van der Waals surface area contributed by atoms with E-state index < -0.39 is 0 Å². The summed E-state index contributed by atoms with van der Waals surface area (Å²) in [7, 11) is 0. The van der Waals surface area contributed by atoms with Crippen LogP contribution in [-0.4, -0.2) is 0 Å². The van der Waals surface area contributed by atoms with Gasteiger partial charge in [-0.1, -0.05) is 61.4 Å². The summed E-state index contributed by atoms with van der Waals surface area (Å²) < 4.78 is 15.2. The molecule has 3 aliphatic carbocycles. The summed E-state index contributed by atoms with van der Waals surface area (Å²) in [5.41, 5.74) is 6.24. The number of aryl methyl sites for hydroxylation is 1. The SMILES string of the molecule is CCC1CCC(c2ccc(C3=CCC(C4CCC(c5ccc(C)cc5)CC4)CC3)c(F)c2)CC1. The van der Waals surface area contributed by atoms with Crippen molar-refractivity contribution in [1.29, 1.82) is 0 Å². The number of hydrogen-bond donors (Lipinski definition) is 0. The topological polar surface area (TPSA) is 0 Å². The standard InChI is InChI=1S/C33H43F/c1-3-24-6-10-29(11-7-24)31-20-21-32(33(34)22-31)30-18-16-28(17-19-30)27-14-12-26(13-15-27)25-8-4-23(2)5-9-25/h4-5,8-9,18,20-22,24,26-29H,3,6-7,10-17,19H2,1-2H3. The quantitative estimate of drug-likeness (QED) is 0.418. The Morgan fingerprint density at radius 1 is 0.735 bits per heavy atom. The van der Waals surface area contributed by atoms with Crippen LogP contribution in [0.1, 0.15) is 118 Å². The molecular weight excluding hydrogens is 415 g/mol. The minimum atomic E-state index is 0.0124. The molecule has 3 aliphatic rings. The van der Waals surface area contributed by atoms with Gasteiger partial charge in [-0.3, -0.25) is 0 Å². The highest BCUT2D eigenvalue weighted by Crippen LogP contribution is 2.44. The zero-order valence-electron chi connectivity index (χ0n) is 21.4. The van der Waals surface area contributed by atoms with Crippen LogP contribution in [0.5, 0.6) is 0 Å². The van der Waals surface area contributed by atoms with E-state index in [4.69, 9.17) is 0 Å². The third kappa shape index (κ3) is 5.34. The van der Waals surface area contributed by atoms with Gasteiger partial charge in [-0.15, -0.1) is 0 Å².